The van der Waals surface area contributed by atoms with Gasteiger partial charge < -0.3 is 14.1 Å². The first-order valence-electron chi connectivity index (χ1n) is 8.60. The molecule has 1 aliphatic rings. The van der Waals surface area contributed by atoms with Gasteiger partial charge in [-0.15, -0.1) is 10.2 Å². The van der Waals surface area contributed by atoms with Crippen LogP contribution in [0.25, 0.3) is 22.2 Å². The highest BCUT2D eigenvalue weighted by Gasteiger charge is 2.17. The summed E-state index contributed by atoms with van der Waals surface area (Å²) in [6.45, 7) is 2.60. The van der Waals surface area contributed by atoms with Crippen LogP contribution >= 0.6 is 11.8 Å². The van der Waals surface area contributed by atoms with E-state index in [9.17, 15) is 4.79 Å². The number of thioether (sulfide) groups is 1. The van der Waals surface area contributed by atoms with E-state index in [1.165, 1.54) is 17.1 Å². The third-order valence-corrected chi connectivity index (χ3v) is 5.13. The van der Waals surface area contributed by atoms with Gasteiger partial charge in [-0.1, -0.05) is 42.1 Å². The summed E-state index contributed by atoms with van der Waals surface area (Å²) in [6.07, 6.45) is 0.457. The Hall–Kier alpha value is -2.38. The molecule has 26 heavy (non-hydrogen) atoms. The van der Waals surface area contributed by atoms with Crippen molar-refractivity contribution in [1.82, 2.24) is 15.1 Å². The average Bonchev–Trinajstić information content (AvgIpc) is 3.17. The molecule has 3 aromatic rings. The third-order valence-electron chi connectivity index (χ3n) is 4.31. The van der Waals surface area contributed by atoms with Crippen LogP contribution in [0.15, 0.2) is 52.1 Å². The van der Waals surface area contributed by atoms with Gasteiger partial charge in [0.15, 0.2) is 0 Å². The molecule has 0 N–H and O–H groups in total. The van der Waals surface area contributed by atoms with Crippen LogP contribution in [-0.4, -0.2) is 53.1 Å². The van der Waals surface area contributed by atoms with Crippen LogP contribution in [0.4, 0.5) is 0 Å². The van der Waals surface area contributed by atoms with Crippen molar-refractivity contribution < 1.29 is 13.9 Å². The molecule has 0 radical (unpaired) electrons. The van der Waals surface area contributed by atoms with E-state index in [1.807, 2.05) is 35.2 Å². The summed E-state index contributed by atoms with van der Waals surface area (Å²) in [5.74, 6) is 1.27. The van der Waals surface area contributed by atoms with Crippen LogP contribution in [0, 0.1) is 0 Å². The van der Waals surface area contributed by atoms with Crippen LogP contribution in [0.2, 0.25) is 0 Å². The van der Waals surface area contributed by atoms with Gasteiger partial charge in [0.25, 0.3) is 5.22 Å². The molecular weight excluding hydrogens is 350 g/mol. The molecule has 7 heteroatoms. The maximum atomic E-state index is 12.1. The second kappa shape index (κ2) is 7.88. The number of nitrogens with zero attached hydrogens (tertiary/aromatic N) is 3. The van der Waals surface area contributed by atoms with Gasteiger partial charge in [-0.25, -0.2) is 0 Å². The average molecular weight is 369 g/mol. The molecule has 6 nitrogen and oxygen atoms in total. The van der Waals surface area contributed by atoms with Crippen molar-refractivity contribution in [3.8, 4) is 11.5 Å². The molecule has 0 unspecified atom stereocenters. The van der Waals surface area contributed by atoms with Crippen molar-refractivity contribution in [1.29, 1.82) is 0 Å². The number of hydrogen-bond donors (Lipinski definition) is 0. The van der Waals surface area contributed by atoms with E-state index in [4.69, 9.17) is 9.15 Å². The third kappa shape index (κ3) is 3.89. The van der Waals surface area contributed by atoms with Crippen LogP contribution in [0.5, 0.6) is 0 Å². The Morgan fingerprint density at radius 1 is 1.08 bits per heavy atom. The number of aromatic nitrogens is 2. The molecule has 0 bridgehead atoms. The summed E-state index contributed by atoms with van der Waals surface area (Å²) in [5.41, 5.74) is 0.896. The first-order chi connectivity index (χ1) is 12.8. The highest BCUT2D eigenvalue weighted by atomic mass is 32.2. The number of ether oxygens (including phenoxy) is 1. The highest BCUT2D eigenvalue weighted by molar-refractivity contribution is 7.99. The normalized spacial score (nSPS) is 14.7. The second-order valence-corrected chi connectivity index (χ2v) is 7.07. The van der Waals surface area contributed by atoms with Crippen LogP contribution in [0.1, 0.15) is 6.42 Å². The largest absolute Gasteiger partial charge is 0.411 e. The standard InChI is InChI=1S/C19H19N3O3S/c23-17(22-8-10-24-11-9-22)7-12-26-19-21-20-18(25-19)16-6-5-14-3-1-2-4-15(14)13-16/h1-6,13H,7-12H2. The zero-order valence-corrected chi connectivity index (χ0v) is 15.1. The lowest BCUT2D eigenvalue weighted by molar-refractivity contribution is -0.134. The number of carbonyl (C=O) groups excluding carboxylic acids is 1. The maximum Gasteiger partial charge on any atom is 0.276 e. The number of benzene rings is 2. The molecule has 1 amide bonds. The quantitative estimate of drug-likeness (QED) is 0.643. The van der Waals surface area contributed by atoms with Gasteiger partial charge in [-0.05, 0) is 22.9 Å². The monoisotopic (exact) mass is 369 g/mol. The summed E-state index contributed by atoms with van der Waals surface area (Å²) in [7, 11) is 0. The van der Waals surface area contributed by atoms with Crippen molar-refractivity contribution in [2.45, 2.75) is 11.6 Å². The van der Waals surface area contributed by atoms with E-state index in [0.717, 1.165) is 10.9 Å². The van der Waals surface area contributed by atoms with Gasteiger partial charge in [-0.2, -0.15) is 0 Å². The summed E-state index contributed by atoms with van der Waals surface area (Å²) < 4.78 is 11.0. The van der Waals surface area contributed by atoms with Gasteiger partial charge >= 0.3 is 0 Å². The van der Waals surface area contributed by atoms with Crippen molar-refractivity contribution in [3.05, 3.63) is 42.5 Å². The lowest BCUT2D eigenvalue weighted by Gasteiger charge is -2.26. The van der Waals surface area contributed by atoms with Crippen molar-refractivity contribution in [3.63, 3.8) is 0 Å². The lowest BCUT2D eigenvalue weighted by Crippen LogP contribution is -2.40. The molecule has 1 fully saturated rings. The minimum atomic E-state index is 0.148. The molecule has 1 aromatic heterocycles. The smallest absolute Gasteiger partial charge is 0.276 e. The Morgan fingerprint density at radius 3 is 2.73 bits per heavy atom. The minimum Gasteiger partial charge on any atom is -0.411 e. The summed E-state index contributed by atoms with van der Waals surface area (Å²) >= 11 is 1.41. The topological polar surface area (TPSA) is 68.5 Å². The number of carbonyl (C=O) groups is 1. The molecule has 1 aliphatic heterocycles. The van der Waals surface area contributed by atoms with Gasteiger partial charge in [-0.3, -0.25) is 4.79 Å². The van der Waals surface area contributed by atoms with E-state index in [2.05, 4.69) is 22.3 Å². The van der Waals surface area contributed by atoms with Crippen LogP contribution in [0.3, 0.4) is 0 Å². The molecule has 0 saturated carbocycles. The molecule has 2 heterocycles. The van der Waals surface area contributed by atoms with E-state index < -0.39 is 0 Å². The number of rotatable bonds is 5. The molecule has 0 aliphatic carbocycles. The van der Waals surface area contributed by atoms with Gasteiger partial charge in [0, 0.05) is 30.8 Å². The summed E-state index contributed by atoms with van der Waals surface area (Å²) in [4.78, 5) is 14.0. The molecule has 1 saturated heterocycles. The van der Waals surface area contributed by atoms with Gasteiger partial charge in [0.2, 0.25) is 11.8 Å². The second-order valence-electron chi connectivity index (χ2n) is 6.03. The maximum absolute atomic E-state index is 12.1. The van der Waals surface area contributed by atoms with Crippen molar-refractivity contribution >= 4 is 28.4 Å². The predicted octanol–water partition coefficient (Wildman–Crippen LogP) is 3.23. The predicted molar refractivity (Wildman–Crippen MR) is 100.0 cm³/mol. The summed E-state index contributed by atoms with van der Waals surface area (Å²) in [5, 5.41) is 11.0. The zero-order valence-electron chi connectivity index (χ0n) is 14.3. The van der Waals surface area contributed by atoms with E-state index in [-0.39, 0.29) is 5.91 Å². The fourth-order valence-corrected chi connectivity index (χ4v) is 3.59. The van der Waals surface area contributed by atoms with E-state index >= 15 is 0 Å². The Labute approximate surface area is 155 Å². The molecule has 4 rings (SSSR count). The van der Waals surface area contributed by atoms with E-state index in [0.29, 0.717) is 49.6 Å². The zero-order chi connectivity index (χ0) is 17.8. The molecule has 0 atom stereocenters. The van der Waals surface area contributed by atoms with Gasteiger partial charge in [0.05, 0.1) is 13.2 Å². The number of fused-ring (bicyclic) bond motifs is 1. The number of morpholine rings is 1. The molecule has 134 valence electrons. The highest BCUT2D eigenvalue weighted by Crippen LogP contribution is 2.26. The number of amides is 1. The first kappa shape index (κ1) is 17.1. The van der Waals surface area contributed by atoms with Crippen LogP contribution in [-0.2, 0) is 9.53 Å². The molecular formula is C19H19N3O3S. The Morgan fingerprint density at radius 2 is 1.88 bits per heavy atom. The van der Waals surface area contributed by atoms with Crippen LogP contribution < -0.4 is 0 Å². The minimum absolute atomic E-state index is 0.148. The van der Waals surface area contributed by atoms with Gasteiger partial charge in [0.1, 0.15) is 0 Å². The fourth-order valence-electron chi connectivity index (χ4n) is 2.90. The van der Waals surface area contributed by atoms with Crippen molar-refractivity contribution in [2.75, 3.05) is 32.1 Å². The molecule has 2 aromatic carbocycles. The Balaban J connectivity index is 1.36. The SMILES string of the molecule is O=C(CCSc1nnc(-c2ccc3ccccc3c2)o1)N1CCOCC1. The summed E-state index contributed by atoms with van der Waals surface area (Å²) in [6, 6.07) is 14.2. The fraction of sp³-hybridized carbons (Fsp3) is 0.316. The Bertz CT molecular complexity index is 906. The lowest BCUT2D eigenvalue weighted by atomic mass is 10.1. The molecule has 0 spiro atoms. The Kier molecular flexibility index (Phi) is 5.17. The first-order valence-corrected chi connectivity index (χ1v) is 9.59. The van der Waals surface area contributed by atoms with Crippen molar-refractivity contribution in [2.24, 2.45) is 0 Å². The van der Waals surface area contributed by atoms with E-state index in [1.54, 1.807) is 0 Å². The number of hydrogen-bond acceptors (Lipinski definition) is 6.